The minimum Gasteiger partial charge on any atom is -0.352 e. The van der Waals surface area contributed by atoms with Crippen LogP contribution in [0.2, 0.25) is 0 Å². The summed E-state index contributed by atoms with van der Waals surface area (Å²) in [5, 5.41) is 4.30. The van der Waals surface area contributed by atoms with Crippen LogP contribution in [0, 0.1) is 5.92 Å². The Bertz CT molecular complexity index is 534. The van der Waals surface area contributed by atoms with Gasteiger partial charge in [-0.25, -0.2) is 8.42 Å². The normalized spacial score (nSPS) is 16.3. The Morgan fingerprint density at radius 2 is 2.22 bits per heavy atom. The number of carbonyl (C=O) groups excluding carboxylic acids is 1. The second-order valence-electron chi connectivity index (χ2n) is 4.43. The highest BCUT2D eigenvalue weighted by molar-refractivity contribution is 8.15. The van der Waals surface area contributed by atoms with E-state index in [0.29, 0.717) is 12.1 Å². The van der Waals surface area contributed by atoms with E-state index in [0.717, 1.165) is 23.7 Å². The summed E-state index contributed by atoms with van der Waals surface area (Å²) in [6.07, 6.45) is 4.79. The second kappa shape index (κ2) is 5.59. The molecule has 1 amide bonds. The summed E-state index contributed by atoms with van der Waals surface area (Å²) in [5.74, 6) is 0.503. The van der Waals surface area contributed by atoms with E-state index in [1.54, 1.807) is 0 Å². The molecule has 0 saturated heterocycles. The van der Waals surface area contributed by atoms with Gasteiger partial charge >= 0.3 is 0 Å². The lowest BCUT2D eigenvalue weighted by atomic mass is 9.83. The van der Waals surface area contributed by atoms with E-state index in [2.05, 4.69) is 5.32 Å². The third kappa shape index (κ3) is 3.46. The first-order valence-corrected chi connectivity index (χ1v) is 8.97. The third-order valence-electron chi connectivity index (χ3n) is 3.14. The minimum absolute atomic E-state index is 0.00769. The first-order valence-electron chi connectivity index (χ1n) is 5.78. The average Bonchev–Trinajstić information content (AvgIpc) is 2.69. The summed E-state index contributed by atoms with van der Waals surface area (Å²) in [6.45, 7) is 0.641. The highest BCUT2D eigenvalue weighted by Crippen LogP contribution is 2.28. The number of hydrogen-bond donors (Lipinski definition) is 1. The SMILES string of the molecule is O=C(NCCC1CCC1)c1csc(S(=O)(=O)Cl)c1. The molecule has 0 aromatic carbocycles. The number of carbonyl (C=O) groups is 1. The highest BCUT2D eigenvalue weighted by atomic mass is 35.7. The Labute approximate surface area is 115 Å². The molecule has 2 rings (SSSR count). The Balaban J connectivity index is 1.86. The van der Waals surface area contributed by atoms with Crippen molar-refractivity contribution in [1.29, 1.82) is 0 Å². The number of nitrogens with one attached hydrogen (secondary N) is 1. The molecule has 1 aliphatic rings. The van der Waals surface area contributed by atoms with Crippen LogP contribution in [0.5, 0.6) is 0 Å². The van der Waals surface area contributed by atoms with Gasteiger partial charge < -0.3 is 5.32 Å². The van der Waals surface area contributed by atoms with Gasteiger partial charge in [0.25, 0.3) is 15.0 Å². The lowest BCUT2D eigenvalue weighted by Crippen LogP contribution is -2.27. The van der Waals surface area contributed by atoms with Gasteiger partial charge in [0.05, 0.1) is 5.56 Å². The van der Waals surface area contributed by atoms with Gasteiger partial charge in [-0.05, 0) is 18.4 Å². The third-order valence-corrected chi connectivity index (χ3v) is 6.18. The quantitative estimate of drug-likeness (QED) is 0.850. The Hall–Kier alpha value is -0.590. The molecule has 4 nitrogen and oxygen atoms in total. The maximum atomic E-state index is 11.7. The maximum Gasteiger partial charge on any atom is 0.270 e. The van der Waals surface area contributed by atoms with E-state index in [9.17, 15) is 13.2 Å². The molecule has 18 heavy (non-hydrogen) atoms. The zero-order chi connectivity index (χ0) is 13.2. The van der Waals surface area contributed by atoms with Crippen LogP contribution in [0.15, 0.2) is 15.7 Å². The van der Waals surface area contributed by atoms with E-state index >= 15 is 0 Å². The van der Waals surface area contributed by atoms with Gasteiger partial charge in [-0.1, -0.05) is 19.3 Å². The summed E-state index contributed by atoms with van der Waals surface area (Å²) in [5.41, 5.74) is 0.354. The molecular weight excluding hydrogens is 294 g/mol. The molecule has 1 heterocycles. The van der Waals surface area contributed by atoms with Crippen molar-refractivity contribution < 1.29 is 13.2 Å². The van der Waals surface area contributed by atoms with Crippen molar-refractivity contribution in [2.75, 3.05) is 6.54 Å². The van der Waals surface area contributed by atoms with E-state index in [1.807, 2.05) is 0 Å². The fourth-order valence-corrected chi connectivity index (χ4v) is 3.78. The topological polar surface area (TPSA) is 63.2 Å². The van der Waals surface area contributed by atoms with Crippen molar-refractivity contribution in [3.8, 4) is 0 Å². The van der Waals surface area contributed by atoms with Crippen molar-refractivity contribution in [1.82, 2.24) is 5.32 Å². The first-order chi connectivity index (χ1) is 8.47. The summed E-state index contributed by atoms with van der Waals surface area (Å²) < 4.78 is 22.1. The van der Waals surface area contributed by atoms with Gasteiger partial charge in [0.1, 0.15) is 4.21 Å². The molecule has 100 valence electrons. The summed E-state index contributed by atoms with van der Waals surface area (Å²) in [7, 11) is 1.47. The molecule has 1 aliphatic carbocycles. The van der Waals surface area contributed by atoms with Gasteiger partial charge in [0, 0.05) is 22.6 Å². The number of halogens is 1. The Kier molecular flexibility index (Phi) is 4.29. The number of thiophene rings is 1. The predicted molar refractivity (Wildman–Crippen MR) is 71.6 cm³/mol. The number of amides is 1. The van der Waals surface area contributed by atoms with Crippen LogP contribution < -0.4 is 5.32 Å². The van der Waals surface area contributed by atoms with Crippen molar-refractivity contribution in [2.24, 2.45) is 5.92 Å². The average molecular weight is 308 g/mol. The molecule has 0 aliphatic heterocycles. The van der Waals surface area contributed by atoms with Gasteiger partial charge in [-0.3, -0.25) is 4.79 Å². The van der Waals surface area contributed by atoms with Gasteiger partial charge in [-0.15, -0.1) is 11.3 Å². The van der Waals surface area contributed by atoms with Gasteiger partial charge in [0.15, 0.2) is 0 Å². The molecule has 1 aromatic rings. The van der Waals surface area contributed by atoms with Crippen LogP contribution in [-0.4, -0.2) is 20.9 Å². The predicted octanol–water partition coefficient (Wildman–Crippen LogP) is 2.60. The maximum absolute atomic E-state index is 11.7. The molecule has 1 aromatic heterocycles. The van der Waals surface area contributed by atoms with Crippen molar-refractivity contribution in [2.45, 2.75) is 29.9 Å². The van der Waals surface area contributed by atoms with Gasteiger partial charge in [-0.2, -0.15) is 0 Å². The second-order valence-corrected chi connectivity index (χ2v) is 8.14. The summed E-state index contributed by atoms with van der Waals surface area (Å²) in [6, 6.07) is 1.31. The van der Waals surface area contributed by atoms with Crippen molar-refractivity contribution >= 4 is 37.0 Å². The van der Waals surface area contributed by atoms with Crippen molar-refractivity contribution in [3.63, 3.8) is 0 Å². The van der Waals surface area contributed by atoms with Crippen LogP contribution in [0.4, 0.5) is 0 Å². The zero-order valence-electron chi connectivity index (χ0n) is 9.69. The summed E-state index contributed by atoms with van der Waals surface area (Å²) >= 11 is 0.960. The van der Waals surface area contributed by atoms with Gasteiger partial charge in [0.2, 0.25) is 0 Å². The lowest BCUT2D eigenvalue weighted by molar-refractivity contribution is 0.0949. The van der Waals surface area contributed by atoms with Crippen LogP contribution >= 0.6 is 22.0 Å². The fraction of sp³-hybridized carbons (Fsp3) is 0.545. The largest absolute Gasteiger partial charge is 0.352 e. The molecule has 1 fully saturated rings. The van der Waals surface area contributed by atoms with E-state index in [4.69, 9.17) is 10.7 Å². The van der Waals surface area contributed by atoms with Crippen LogP contribution in [-0.2, 0) is 9.05 Å². The first kappa shape index (κ1) is 13.8. The minimum atomic E-state index is -3.73. The molecule has 0 bridgehead atoms. The molecular formula is C11H14ClNO3S2. The highest BCUT2D eigenvalue weighted by Gasteiger charge is 2.18. The molecule has 0 atom stereocenters. The van der Waals surface area contributed by atoms with E-state index in [1.165, 1.54) is 30.7 Å². The molecule has 7 heteroatoms. The molecule has 1 N–H and O–H groups in total. The standard InChI is InChI=1S/C11H14ClNO3S2/c12-18(15,16)10-6-9(7-17-10)11(14)13-5-4-8-2-1-3-8/h6-8H,1-5H2,(H,13,14). The molecule has 1 saturated carbocycles. The van der Waals surface area contributed by atoms with Crippen LogP contribution in [0.1, 0.15) is 36.0 Å². The Morgan fingerprint density at radius 1 is 1.50 bits per heavy atom. The van der Waals surface area contributed by atoms with Crippen LogP contribution in [0.3, 0.4) is 0 Å². The van der Waals surface area contributed by atoms with E-state index < -0.39 is 9.05 Å². The van der Waals surface area contributed by atoms with Crippen LogP contribution in [0.25, 0.3) is 0 Å². The number of hydrogen-bond acceptors (Lipinski definition) is 4. The Morgan fingerprint density at radius 3 is 2.72 bits per heavy atom. The lowest BCUT2D eigenvalue weighted by Gasteiger charge is -2.25. The smallest absolute Gasteiger partial charge is 0.270 e. The molecule has 0 spiro atoms. The molecule has 0 unspecified atom stereocenters. The zero-order valence-corrected chi connectivity index (χ0v) is 12.1. The molecule has 0 radical (unpaired) electrons. The number of rotatable bonds is 5. The monoisotopic (exact) mass is 307 g/mol. The van der Waals surface area contributed by atoms with Crippen molar-refractivity contribution in [3.05, 3.63) is 17.0 Å². The van der Waals surface area contributed by atoms with E-state index in [-0.39, 0.29) is 10.1 Å². The summed E-state index contributed by atoms with van der Waals surface area (Å²) in [4.78, 5) is 11.7. The fourth-order valence-electron chi connectivity index (χ4n) is 1.84.